The molecular weight excluding hydrogens is 522 g/mol. The zero-order valence-electron chi connectivity index (χ0n) is 24.3. The summed E-state index contributed by atoms with van der Waals surface area (Å²) >= 11 is 0. The van der Waals surface area contributed by atoms with E-state index in [1.165, 1.54) is 5.56 Å². The predicted octanol–water partition coefficient (Wildman–Crippen LogP) is 7.51. The Morgan fingerprint density at radius 3 is 2.14 bits per heavy atom. The highest BCUT2D eigenvalue weighted by atomic mass is 16.5. The third-order valence-corrected chi connectivity index (χ3v) is 7.65. The van der Waals surface area contributed by atoms with Crippen LogP contribution >= 0.6 is 0 Å². The Hall–Kier alpha value is -4.84. The molecule has 1 aliphatic rings. The molecule has 0 spiro atoms. The molecule has 0 radical (unpaired) electrons. The molecule has 2 heterocycles. The highest BCUT2D eigenvalue weighted by molar-refractivity contribution is 6.00. The average Bonchev–Trinajstić information content (AvgIpc) is 3.51. The molecule has 1 atom stereocenters. The van der Waals surface area contributed by atoms with E-state index in [1.54, 1.807) is 4.68 Å². The van der Waals surface area contributed by atoms with Crippen LogP contribution in [0, 0.1) is 6.92 Å². The van der Waals surface area contributed by atoms with Crippen LogP contribution in [0.15, 0.2) is 103 Å². The van der Waals surface area contributed by atoms with Gasteiger partial charge in [0.2, 0.25) is 0 Å². The molecule has 6 nitrogen and oxygen atoms in total. The van der Waals surface area contributed by atoms with Crippen molar-refractivity contribution < 1.29 is 14.3 Å². The van der Waals surface area contributed by atoms with Gasteiger partial charge in [-0.1, -0.05) is 79.2 Å². The van der Waals surface area contributed by atoms with Gasteiger partial charge in [0, 0.05) is 24.7 Å². The normalized spacial score (nSPS) is 14.2. The second-order valence-electron chi connectivity index (χ2n) is 10.8. The number of fused-ring (bicyclic) bond motifs is 1. The number of carbonyl (C=O) groups excluding carboxylic acids is 1. The van der Waals surface area contributed by atoms with Gasteiger partial charge in [-0.2, -0.15) is 5.10 Å². The van der Waals surface area contributed by atoms with E-state index in [-0.39, 0.29) is 11.9 Å². The largest absolute Gasteiger partial charge is 0.494 e. The Kier molecular flexibility index (Phi) is 7.78. The first-order valence-corrected chi connectivity index (χ1v) is 14.4. The molecule has 6 heteroatoms. The van der Waals surface area contributed by atoms with E-state index in [2.05, 4.69) is 62.4 Å². The van der Waals surface area contributed by atoms with Crippen molar-refractivity contribution in [1.82, 2.24) is 14.7 Å². The van der Waals surface area contributed by atoms with E-state index in [0.717, 1.165) is 51.4 Å². The van der Waals surface area contributed by atoms with Crippen LogP contribution in [0.5, 0.6) is 11.5 Å². The van der Waals surface area contributed by atoms with Gasteiger partial charge in [0.25, 0.3) is 5.91 Å². The zero-order chi connectivity index (χ0) is 29.1. The molecule has 212 valence electrons. The number of carbonyl (C=O) groups is 1. The number of ether oxygens (including phenoxy) is 2. The lowest BCUT2D eigenvalue weighted by Gasteiger charge is -2.27. The Labute approximate surface area is 247 Å². The van der Waals surface area contributed by atoms with Gasteiger partial charge >= 0.3 is 0 Å². The number of aryl methyl sites for hydroxylation is 2. The average molecular weight is 558 g/mol. The second-order valence-corrected chi connectivity index (χ2v) is 10.8. The lowest BCUT2D eigenvalue weighted by molar-refractivity contribution is 0.0726. The molecule has 1 aromatic heterocycles. The number of benzene rings is 4. The quantitative estimate of drug-likeness (QED) is 0.178. The molecule has 6 rings (SSSR count). The van der Waals surface area contributed by atoms with Crippen molar-refractivity contribution >= 4 is 5.91 Å². The van der Waals surface area contributed by atoms with E-state index >= 15 is 0 Å². The lowest BCUT2D eigenvalue weighted by Crippen LogP contribution is -2.29. The van der Waals surface area contributed by atoms with Crippen LogP contribution in [-0.4, -0.2) is 27.2 Å². The van der Waals surface area contributed by atoms with E-state index < -0.39 is 0 Å². The van der Waals surface area contributed by atoms with Crippen LogP contribution in [0.3, 0.4) is 0 Å². The second kappa shape index (κ2) is 12.0. The minimum atomic E-state index is -0.283. The van der Waals surface area contributed by atoms with Crippen LogP contribution in [0.1, 0.15) is 57.7 Å². The summed E-state index contributed by atoms with van der Waals surface area (Å²) < 4.78 is 13.6. The Balaban J connectivity index is 1.34. The highest BCUT2D eigenvalue weighted by Crippen LogP contribution is 2.44. The molecule has 0 bridgehead atoms. The van der Waals surface area contributed by atoms with E-state index in [4.69, 9.17) is 14.6 Å². The van der Waals surface area contributed by atoms with Crippen molar-refractivity contribution in [1.29, 1.82) is 0 Å². The molecule has 42 heavy (non-hydrogen) atoms. The topological polar surface area (TPSA) is 56.6 Å². The Morgan fingerprint density at radius 1 is 0.786 bits per heavy atom. The summed E-state index contributed by atoms with van der Waals surface area (Å²) in [5.41, 5.74) is 7.75. The van der Waals surface area contributed by atoms with Crippen LogP contribution in [0.2, 0.25) is 0 Å². The summed E-state index contributed by atoms with van der Waals surface area (Å²) in [6, 6.07) is 34.3. The minimum Gasteiger partial charge on any atom is -0.494 e. The highest BCUT2D eigenvalue weighted by Gasteiger charge is 2.43. The molecule has 0 N–H and O–H groups in total. The van der Waals surface area contributed by atoms with Crippen molar-refractivity contribution in [2.24, 2.45) is 7.05 Å². The van der Waals surface area contributed by atoms with Crippen molar-refractivity contribution in [3.8, 4) is 22.8 Å². The number of amides is 1. The van der Waals surface area contributed by atoms with Crippen LogP contribution in [-0.2, 0) is 20.2 Å². The van der Waals surface area contributed by atoms with E-state index in [9.17, 15) is 4.79 Å². The smallest absolute Gasteiger partial charge is 0.273 e. The first kappa shape index (κ1) is 27.3. The molecule has 0 fully saturated rings. The standard InChI is InChI=1S/C36H35N3O3/c1-4-22-41-30-20-16-29(17-21-30)34-32-33(28-14-18-31(19-15-28)42-24-27-12-10-25(2)11-13-27)37-38(3)35(32)36(40)39(34)23-26-8-6-5-7-9-26/h5-21,34H,4,22-24H2,1-3H3. The van der Waals surface area contributed by atoms with Gasteiger partial charge in [-0.25, -0.2) is 0 Å². The minimum absolute atomic E-state index is 0.0236. The van der Waals surface area contributed by atoms with Crippen LogP contribution in [0.4, 0.5) is 0 Å². The van der Waals surface area contributed by atoms with Crippen LogP contribution in [0.25, 0.3) is 11.3 Å². The van der Waals surface area contributed by atoms with E-state index in [0.29, 0.717) is 25.5 Å². The van der Waals surface area contributed by atoms with Crippen LogP contribution < -0.4 is 9.47 Å². The summed E-state index contributed by atoms with van der Waals surface area (Å²) in [5.74, 6) is 1.59. The monoisotopic (exact) mass is 557 g/mol. The number of nitrogens with zero attached hydrogens (tertiary/aromatic N) is 3. The van der Waals surface area contributed by atoms with Crippen molar-refractivity contribution in [3.63, 3.8) is 0 Å². The Morgan fingerprint density at radius 2 is 1.45 bits per heavy atom. The molecule has 0 aliphatic carbocycles. The first-order valence-electron chi connectivity index (χ1n) is 14.4. The summed E-state index contributed by atoms with van der Waals surface area (Å²) in [6.07, 6.45) is 0.946. The van der Waals surface area contributed by atoms with Crippen molar-refractivity contribution in [2.75, 3.05) is 6.61 Å². The summed E-state index contributed by atoms with van der Waals surface area (Å²) in [6.45, 7) is 5.84. The summed E-state index contributed by atoms with van der Waals surface area (Å²) in [7, 11) is 1.85. The molecule has 5 aromatic rings. The third kappa shape index (κ3) is 5.53. The van der Waals surface area contributed by atoms with Gasteiger partial charge < -0.3 is 14.4 Å². The maximum Gasteiger partial charge on any atom is 0.273 e. The maximum absolute atomic E-state index is 14.0. The van der Waals surface area contributed by atoms with Gasteiger partial charge in [0.05, 0.1) is 18.3 Å². The molecule has 4 aromatic carbocycles. The molecule has 1 aliphatic heterocycles. The van der Waals surface area contributed by atoms with Gasteiger partial charge in [-0.15, -0.1) is 0 Å². The van der Waals surface area contributed by atoms with Crippen molar-refractivity contribution in [2.45, 2.75) is 39.5 Å². The van der Waals surface area contributed by atoms with E-state index in [1.807, 2.05) is 66.5 Å². The van der Waals surface area contributed by atoms with Crippen molar-refractivity contribution in [3.05, 3.63) is 137 Å². The third-order valence-electron chi connectivity index (χ3n) is 7.65. The molecule has 1 amide bonds. The fraction of sp³-hybridized carbons (Fsp3) is 0.222. The van der Waals surface area contributed by atoms with Gasteiger partial charge in [0.1, 0.15) is 23.8 Å². The number of hydrogen-bond acceptors (Lipinski definition) is 4. The van der Waals surface area contributed by atoms with Gasteiger partial charge in [-0.3, -0.25) is 9.48 Å². The van der Waals surface area contributed by atoms with Gasteiger partial charge in [0.15, 0.2) is 0 Å². The molecule has 0 saturated heterocycles. The fourth-order valence-electron chi connectivity index (χ4n) is 5.49. The lowest BCUT2D eigenvalue weighted by atomic mass is 9.95. The Bertz CT molecular complexity index is 1660. The summed E-state index contributed by atoms with van der Waals surface area (Å²) in [4.78, 5) is 15.9. The zero-order valence-corrected chi connectivity index (χ0v) is 24.3. The molecule has 0 saturated carbocycles. The predicted molar refractivity (Wildman–Crippen MR) is 165 cm³/mol. The maximum atomic E-state index is 14.0. The molecule has 1 unspecified atom stereocenters. The number of aromatic nitrogens is 2. The fourth-order valence-corrected chi connectivity index (χ4v) is 5.49. The van der Waals surface area contributed by atoms with Gasteiger partial charge in [-0.05, 0) is 66.4 Å². The number of hydrogen-bond donors (Lipinski definition) is 0. The SMILES string of the molecule is CCCOc1ccc(C2c3c(-c4ccc(OCc5ccc(C)cc5)cc4)nn(C)c3C(=O)N2Cc2ccccc2)cc1. The number of rotatable bonds is 10. The molecular formula is C36H35N3O3. The summed E-state index contributed by atoms with van der Waals surface area (Å²) in [5, 5.41) is 4.86. The first-order chi connectivity index (χ1) is 20.5.